The minimum absolute atomic E-state index is 0.188. The Morgan fingerprint density at radius 1 is 1.02 bits per heavy atom. The van der Waals surface area contributed by atoms with Gasteiger partial charge in [-0.3, -0.25) is 19.1 Å². The lowest BCUT2D eigenvalue weighted by Crippen LogP contribution is -2.34. The number of benzene rings is 2. The summed E-state index contributed by atoms with van der Waals surface area (Å²) in [6.07, 6.45) is 16.6. The number of nitrogens with one attached hydrogen (secondary N) is 1. The summed E-state index contributed by atoms with van der Waals surface area (Å²) in [4.78, 5) is 39.3. The third-order valence-corrected chi connectivity index (χ3v) is 9.08. The first-order valence-electron chi connectivity index (χ1n) is 16.8. The van der Waals surface area contributed by atoms with Gasteiger partial charge in [-0.05, 0) is 66.3 Å². The van der Waals surface area contributed by atoms with Crippen LogP contribution >= 0.6 is 0 Å². The Labute approximate surface area is 294 Å². The lowest BCUT2D eigenvalue weighted by Gasteiger charge is -2.24. The van der Waals surface area contributed by atoms with Gasteiger partial charge in [0.15, 0.2) is 11.2 Å². The number of carbonyl (C=O) groups excluding carboxylic acids is 2. The number of carboxylic acids is 1. The molecule has 49 heavy (non-hydrogen) atoms. The van der Waals surface area contributed by atoms with Crippen molar-refractivity contribution in [3.63, 3.8) is 0 Å². The van der Waals surface area contributed by atoms with Gasteiger partial charge in [-0.1, -0.05) is 59.4 Å². The molecule has 1 aliphatic carbocycles. The number of fused-ring (bicyclic) bond motifs is 5. The summed E-state index contributed by atoms with van der Waals surface area (Å²) >= 11 is -1.69. The van der Waals surface area contributed by atoms with Gasteiger partial charge in [0.2, 0.25) is 0 Å². The van der Waals surface area contributed by atoms with Crippen LogP contribution in [0, 0.1) is 12.8 Å². The van der Waals surface area contributed by atoms with Crippen LogP contribution in [-0.4, -0.2) is 75.7 Å². The summed E-state index contributed by atoms with van der Waals surface area (Å²) < 4.78 is 23.8. The molecule has 3 aromatic rings. The SMILES string of the molecule is C#C.CC.CCC.COc1ccc2c(c1)C=C(C(=O)N(C)CC(=O)O)Cn1c-2c(C2CCCCC2)c2ccc(C(=O)NS(=O)N(C)C)cc21. The number of amides is 2. The van der Waals surface area contributed by atoms with Crippen LogP contribution < -0.4 is 9.46 Å². The Hall–Kier alpha value is -4.40. The highest BCUT2D eigenvalue weighted by Crippen LogP contribution is 2.47. The van der Waals surface area contributed by atoms with Crippen molar-refractivity contribution in [2.24, 2.45) is 0 Å². The van der Waals surface area contributed by atoms with E-state index >= 15 is 0 Å². The molecule has 0 radical (unpaired) electrons. The van der Waals surface area contributed by atoms with Crippen molar-refractivity contribution in [3.8, 4) is 29.9 Å². The van der Waals surface area contributed by atoms with Gasteiger partial charge in [0.1, 0.15) is 12.3 Å². The zero-order valence-corrected chi connectivity index (χ0v) is 31.0. The second kappa shape index (κ2) is 19.6. The quantitative estimate of drug-likeness (QED) is 0.249. The van der Waals surface area contributed by atoms with Crippen molar-refractivity contribution >= 4 is 45.9 Å². The Morgan fingerprint density at radius 2 is 1.65 bits per heavy atom. The summed E-state index contributed by atoms with van der Waals surface area (Å²) in [6.45, 7) is 8.01. The molecule has 1 unspecified atom stereocenters. The van der Waals surface area contributed by atoms with Gasteiger partial charge in [-0.25, -0.2) is 8.51 Å². The second-order valence-corrected chi connectivity index (χ2v) is 13.2. The fourth-order valence-electron chi connectivity index (χ4n) is 6.06. The Bertz CT molecular complexity index is 1680. The van der Waals surface area contributed by atoms with E-state index in [1.54, 1.807) is 33.3 Å². The molecule has 1 saturated carbocycles. The van der Waals surface area contributed by atoms with Crippen LogP contribution in [0.5, 0.6) is 5.75 Å². The normalized spacial score (nSPS) is 14.1. The summed E-state index contributed by atoms with van der Waals surface area (Å²) in [6, 6.07) is 11.3. The zero-order valence-electron chi connectivity index (χ0n) is 30.2. The number of likely N-dealkylation sites (N-methyl/N-ethyl adjacent to an activating group) is 1. The largest absolute Gasteiger partial charge is 0.497 e. The van der Waals surface area contributed by atoms with Gasteiger partial charge in [-0.15, -0.1) is 12.8 Å². The average molecular weight is 693 g/mol. The molecule has 5 rings (SSSR count). The second-order valence-electron chi connectivity index (χ2n) is 11.8. The highest BCUT2D eigenvalue weighted by atomic mass is 32.2. The topological polar surface area (TPSA) is 121 Å². The third-order valence-electron chi connectivity index (χ3n) is 8.06. The average Bonchev–Trinajstić information content (AvgIpc) is 3.32. The molecule has 11 heteroatoms. The molecular formula is C38H52N4O6S. The van der Waals surface area contributed by atoms with Gasteiger partial charge in [0, 0.05) is 48.7 Å². The fourth-order valence-corrected chi connectivity index (χ4v) is 6.52. The van der Waals surface area contributed by atoms with E-state index < -0.39 is 35.5 Å². The van der Waals surface area contributed by atoms with E-state index in [4.69, 9.17) is 4.74 Å². The van der Waals surface area contributed by atoms with E-state index in [0.717, 1.165) is 53.4 Å². The van der Waals surface area contributed by atoms with Crippen LogP contribution in [0.1, 0.15) is 93.6 Å². The molecule has 1 aromatic heterocycles. The first-order valence-corrected chi connectivity index (χ1v) is 17.9. The van der Waals surface area contributed by atoms with Gasteiger partial charge in [-0.2, -0.15) is 0 Å². The minimum Gasteiger partial charge on any atom is -0.497 e. The van der Waals surface area contributed by atoms with E-state index in [9.17, 15) is 23.7 Å². The molecule has 10 nitrogen and oxygen atoms in total. The summed E-state index contributed by atoms with van der Waals surface area (Å²) in [5.41, 5.74) is 5.49. The molecule has 1 atom stereocenters. The fraction of sp³-hybridized carbons (Fsp3) is 0.447. The first-order chi connectivity index (χ1) is 23.5. The van der Waals surface area contributed by atoms with Gasteiger partial charge < -0.3 is 19.3 Å². The number of aromatic nitrogens is 1. The molecule has 0 saturated heterocycles. The highest BCUT2D eigenvalue weighted by Gasteiger charge is 2.31. The number of terminal acetylenes is 1. The maximum Gasteiger partial charge on any atom is 0.323 e. The number of nitrogens with zero attached hydrogens (tertiary/aromatic N) is 3. The third kappa shape index (κ3) is 9.83. The molecule has 266 valence electrons. The molecule has 2 aliphatic rings. The highest BCUT2D eigenvalue weighted by molar-refractivity contribution is 7.81. The number of ether oxygens (including phenoxy) is 1. The molecular weight excluding hydrogens is 641 g/mol. The molecule has 2 aromatic carbocycles. The van der Waals surface area contributed by atoms with E-state index in [-0.39, 0.29) is 6.54 Å². The number of carboxylic acid groups (broad SMARTS) is 1. The van der Waals surface area contributed by atoms with Crippen LogP contribution in [0.4, 0.5) is 0 Å². The minimum atomic E-state index is -1.69. The van der Waals surface area contributed by atoms with Crippen LogP contribution in [0.15, 0.2) is 42.0 Å². The number of hydrogen-bond donors (Lipinski definition) is 2. The van der Waals surface area contributed by atoms with Gasteiger partial charge in [0.05, 0.1) is 19.3 Å². The van der Waals surface area contributed by atoms with E-state index in [1.165, 1.54) is 34.7 Å². The standard InChI is InChI=1S/C31H36N4O6S.C3H8.C2H6.C2H2/c1-33(2)42(40)32-30(38)20-10-12-25-26(16-20)35-17-22(31(39)34(3)18-27(36)37)14-21-15-23(41-4)11-13-24(21)29(35)28(25)19-8-6-5-7-9-19;1-3-2;2*1-2/h10-16,19H,5-9,17-18H2,1-4H3,(H,32,38)(H,36,37);3H2,1-2H3;1-2H3;1-2H. The van der Waals surface area contributed by atoms with Crippen molar-refractivity contribution < 1.29 is 28.4 Å². The molecule has 0 spiro atoms. The lowest BCUT2D eigenvalue weighted by atomic mass is 9.81. The lowest BCUT2D eigenvalue weighted by molar-refractivity contribution is -0.142. The van der Waals surface area contributed by atoms with Crippen LogP contribution in [0.3, 0.4) is 0 Å². The molecule has 2 heterocycles. The Morgan fingerprint density at radius 3 is 2.22 bits per heavy atom. The van der Waals surface area contributed by atoms with Crippen molar-refractivity contribution in [1.29, 1.82) is 0 Å². The Balaban J connectivity index is 0.00000111. The van der Waals surface area contributed by atoms with Crippen LogP contribution in [0.2, 0.25) is 0 Å². The van der Waals surface area contributed by atoms with Gasteiger partial charge in [0.25, 0.3) is 11.8 Å². The van der Waals surface area contributed by atoms with Crippen molar-refractivity contribution in [2.75, 3.05) is 34.8 Å². The first kappa shape index (κ1) is 40.8. The number of rotatable bonds is 8. The van der Waals surface area contributed by atoms with Crippen molar-refractivity contribution in [1.82, 2.24) is 18.5 Å². The van der Waals surface area contributed by atoms with Gasteiger partial charge >= 0.3 is 5.97 Å². The molecule has 2 N–H and O–H groups in total. The van der Waals surface area contributed by atoms with Crippen LogP contribution in [-0.2, 0) is 27.3 Å². The smallest absolute Gasteiger partial charge is 0.323 e. The van der Waals surface area contributed by atoms with Crippen LogP contribution in [0.25, 0.3) is 28.2 Å². The van der Waals surface area contributed by atoms with Crippen molar-refractivity contribution in [3.05, 3.63) is 58.7 Å². The molecule has 1 aliphatic heterocycles. The van der Waals surface area contributed by atoms with E-state index in [2.05, 4.69) is 36.0 Å². The summed E-state index contributed by atoms with van der Waals surface area (Å²) in [5, 5.41) is 10.4. The number of methoxy groups -OCH3 is 1. The summed E-state index contributed by atoms with van der Waals surface area (Å²) in [7, 11) is 6.29. The molecule has 1 fully saturated rings. The molecule has 0 bridgehead atoms. The predicted molar refractivity (Wildman–Crippen MR) is 200 cm³/mol. The number of hydrogen-bond acceptors (Lipinski definition) is 5. The summed E-state index contributed by atoms with van der Waals surface area (Å²) in [5.74, 6) is -1.01. The maximum absolute atomic E-state index is 13.6. The number of aliphatic carboxylic acids is 1. The predicted octanol–water partition coefficient (Wildman–Crippen LogP) is 6.87. The zero-order chi connectivity index (χ0) is 36.8. The molecule has 2 amide bonds. The number of carbonyl (C=O) groups is 3. The van der Waals surface area contributed by atoms with E-state index in [1.807, 2.05) is 44.2 Å². The maximum atomic E-state index is 13.6. The van der Waals surface area contributed by atoms with Crippen molar-refractivity contribution in [2.45, 2.75) is 78.7 Å². The van der Waals surface area contributed by atoms with E-state index in [0.29, 0.717) is 22.8 Å². The Kier molecular flexibility index (Phi) is 16.3. The monoisotopic (exact) mass is 692 g/mol.